The number of carbonyl (C=O) groups excluding carboxylic acids is 1. The first-order valence-corrected chi connectivity index (χ1v) is 11.0. The molecule has 1 aromatic carbocycles. The molecule has 1 aliphatic heterocycles. The molecule has 1 heterocycles. The minimum absolute atomic E-state index is 0.0707. The van der Waals surface area contributed by atoms with Crippen LogP contribution in [-0.2, 0) is 19.6 Å². The van der Waals surface area contributed by atoms with E-state index in [0.29, 0.717) is 38.0 Å². The van der Waals surface area contributed by atoms with Gasteiger partial charge in [0.15, 0.2) is 6.61 Å². The summed E-state index contributed by atoms with van der Waals surface area (Å²) in [6.07, 6.45) is 4.53. The van der Waals surface area contributed by atoms with Crippen molar-refractivity contribution in [3.05, 3.63) is 24.3 Å². The average molecular weight is 397 g/mol. The highest BCUT2D eigenvalue weighted by Gasteiger charge is 2.26. The molecule has 8 heteroatoms. The number of amides is 1. The third-order valence-electron chi connectivity index (χ3n) is 5.26. The van der Waals surface area contributed by atoms with E-state index in [-0.39, 0.29) is 23.5 Å². The monoisotopic (exact) mass is 396 g/mol. The molecule has 0 spiro atoms. The van der Waals surface area contributed by atoms with Gasteiger partial charge in [-0.3, -0.25) is 4.79 Å². The molecular formula is C19H28N2O5S. The van der Waals surface area contributed by atoms with Crippen molar-refractivity contribution < 1.29 is 22.7 Å². The summed E-state index contributed by atoms with van der Waals surface area (Å²) in [5.74, 6) is 0.828. The summed E-state index contributed by atoms with van der Waals surface area (Å²) in [6, 6.07) is 6.42. The maximum absolute atomic E-state index is 12.6. The molecule has 3 rings (SSSR count). The van der Waals surface area contributed by atoms with Crippen molar-refractivity contribution in [2.24, 2.45) is 5.92 Å². The zero-order valence-electron chi connectivity index (χ0n) is 15.7. The fourth-order valence-corrected chi connectivity index (χ4v) is 4.98. The summed E-state index contributed by atoms with van der Waals surface area (Å²) in [5, 5.41) is 3.04. The summed E-state index contributed by atoms with van der Waals surface area (Å²) in [6.45, 7) is 3.64. The SMILES string of the molecule is C[C@@H]1CCCC[C@@H]1NC(=O)COc1ccc(S(=O)(=O)N2CCOCC2)cc1. The second-order valence-electron chi connectivity index (χ2n) is 7.21. The number of benzene rings is 1. The van der Waals surface area contributed by atoms with Gasteiger partial charge >= 0.3 is 0 Å². The normalized spacial score (nSPS) is 24.3. The van der Waals surface area contributed by atoms with Gasteiger partial charge in [-0.2, -0.15) is 4.31 Å². The van der Waals surface area contributed by atoms with Crippen molar-refractivity contribution >= 4 is 15.9 Å². The first-order chi connectivity index (χ1) is 13.0. The van der Waals surface area contributed by atoms with Gasteiger partial charge in [-0.15, -0.1) is 0 Å². The molecule has 1 saturated carbocycles. The lowest BCUT2D eigenvalue weighted by molar-refractivity contribution is -0.124. The Morgan fingerprint density at radius 2 is 1.85 bits per heavy atom. The van der Waals surface area contributed by atoms with Gasteiger partial charge in [0.2, 0.25) is 10.0 Å². The van der Waals surface area contributed by atoms with Crippen LogP contribution >= 0.6 is 0 Å². The molecule has 2 atom stereocenters. The van der Waals surface area contributed by atoms with Crippen LogP contribution in [0.15, 0.2) is 29.2 Å². The second kappa shape index (κ2) is 9.03. The molecule has 0 radical (unpaired) electrons. The maximum atomic E-state index is 12.6. The third kappa shape index (κ3) is 5.21. The highest BCUT2D eigenvalue weighted by atomic mass is 32.2. The number of hydrogen-bond donors (Lipinski definition) is 1. The van der Waals surface area contributed by atoms with E-state index in [1.54, 1.807) is 12.1 Å². The topological polar surface area (TPSA) is 84.9 Å². The third-order valence-corrected chi connectivity index (χ3v) is 7.17. The Bertz CT molecular complexity index is 729. The maximum Gasteiger partial charge on any atom is 0.258 e. The molecule has 150 valence electrons. The Labute approximate surface area is 161 Å². The highest BCUT2D eigenvalue weighted by molar-refractivity contribution is 7.89. The van der Waals surface area contributed by atoms with Crippen LogP contribution < -0.4 is 10.1 Å². The average Bonchev–Trinajstić information content (AvgIpc) is 2.69. The van der Waals surface area contributed by atoms with E-state index in [4.69, 9.17) is 9.47 Å². The van der Waals surface area contributed by atoms with E-state index >= 15 is 0 Å². The lowest BCUT2D eigenvalue weighted by Gasteiger charge is -2.29. The van der Waals surface area contributed by atoms with Crippen LogP contribution in [0.2, 0.25) is 0 Å². The standard InChI is InChI=1S/C19H28N2O5S/c1-15-4-2-3-5-18(15)20-19(22)14-26-16-6-8-17(9-7-16)27(23,24)21-10-12-25-13-11-21/h6-9,15,18H,2-5,10-14H2,1H3,(H,20,22)/t15-,18+/m1/s1. The van der Waals surface area contributed by atoms with Crippen molar-refractivity contribution in [2.75, 3.05) is 32.9 Å². The highest BCUT2D eigenvalue weighted by Crippen LogP contribution is 2.24. The minimum Gasteiger partial charge on any atom is -0.484 e. The van der Waals surface area contributed by atoms with E-state index in [1.165, 1.54) is 22.9 Å². The lowest BCUT2D eigenvalue weighted by Crippen LogP contribution is -2.43. The van der Waals surface area contributed by atoms with E-state index < -0.39 is 10.0 Å². The first-order valence-electron chi connectivity index (χ1n) is 9.57. The van der Waals surface area contributed by atoms with Crippen LogP contribution in [-0.4, -0.2) is 57.6 Å². The zero-order chi connectivity index (χ0) is 19.3. The van der Waals surface area contributed by atoms with Crippen LogP contribution in [0.3, 0.4) is 0 Å². The number of ether oxygens (including phenoxy) is 2. The Balaban J connectivity index is 1.52. The number of sulfonamides is 1. The Hall–Kier alpha value is -1.64. The number of hydrogen-bond acceptors (Lipinski definition) is 5. The van der Waals surface area contributed by atoms with Gasteiger partial charge in [-0.05, 0) is 43.0 Å². The van der Waals surface area contributed by atoms with Crippen LogP contribution in [0.4, 0.5) is 0 Å². The first kappa shape index (κ1) is 20.1. The predicted molar refractivity (Wildman–Crippen MR) is 101 cm³/mol. The predicted octanol–water partition coefficient (Wildman–Crippen LogP) is 1.78. The number of nitrogens with one attached hydrogen (secondary N) is 1. The number of carbonyl (C=O) groups is 1. The van der Waals surface area contributed by atoms with Gasteiger partial charge in [-0.25, -0.2) is 8.42 Å². The lowest BCUT2D eigenvalue weighted by atomic mass is 9.86. The number of nitrogens with zero attached hydrogens (tertiary/aromatic N) is 1. The van der Waals surface area contributed by atoms with E-state index in [0.717, 1.165) is 19.3 Å². The van der Waals surface area contributed by atoms with Gasteiger partial charge in [0.05, 0.1) is 18.1 Å². The molecule has 1 saturated heterocycles. The largest absolute Gasteiger partial charge is 0.484 e. The molecule has 1 aromatic rings. The zero-order valence-corrected chi connectivity index (χ0v) is 16.5. The Morgan fingerprint density at radius 3 is 2.52 bits per heavy atom. The van der Waals surface area contributed by atoms with Crippen molar-refractivity contribution in [2.45, 2.75) is 43.5 Å². The summed E-state index contributed by atoms with van der Waals surface area (Å²) in [7, 11) is -3.52. The van der Waals surface area contributed by atoms with Crippen LogP contribution in [0, 0.1) is 5.92 Å². The van der Waals surface area contributed by atoms with E-state index in [2.05, 4.69) is 12.2 Å². The second-order valence-corrected chi connectivity index (χ2v) is 9.15. The molecule has 0 aromatic heterocycles. The fraction of sp³-hybridized carbons (Fsp3) is 0.632. The molecule has 1 aliphatic carbocycles. The Kier molecular flexibility index (Phi) is 6.73. The smallest absolute Gasteiger partial charge is 0.258 e. The van der Waals surface area contributed by atoms with Crippen LogP contribution in [0.1, 0.15) is 32.6 Å². The molecular weight excluding hydrogens is 368 g/mol. The van der Waals surface area contributed by atoms with Crippen LogP contribution in [0.25, 0.3) is 0 Å². The van der Waals surface area contributed by atoms with Gasteiger partial charge in [0.1, 0.15) is 5.75 Å². The van der Waals surface area contributed by atoms with Gasteiger partial charge < -0.3 is 14.8 Å². The van der Waals surface area contributed by atoms with E-state index in [1.807, 2.05) is 0 Å². The minimum atomic E-state index is -3.52. The molecule has 7 nitrogen and oxygen atoms in total. The molecule has 0 bridgehead atoms. The quantitative estimate of drug-likeness (QED) is 0.792. The summed E-state index contributed by atoms with van der Waals surface area (Å²) >= 11 is 0. The molecule has 0 unspecified atom stereocenters. The molecule has 1 N–H and O–H groups in total. The summed E-state index contributed by atoms with van der Waals surface area (Å²) in [4.78, 5) is 12.3. The van der Waals surface area contributed by atoms with Gasteiger partial charge in [-0.1, -0.05) is 19.8 Å². The van der Waals surface area contributed by atoms with Gasteiger partial charge in [0, 0.05) is 19.1 Å². The summed E-state index contributed by atoms with van der Waals surface area (Å²) in [5.41, 5.74) is 0. The van der Waals surface area contributed by atoms with Crippen molar-refractivity contribution in [1.29, 1.82) is 0 Å². The van der Waals surface area contributed by atoms with E-state index in [9.17, 15) is 13.2 Å². The molecule has 2 aliphatic rings. The molecule has 1 amide bonds. The number of morpholine rings is 1. The number of rotatable bonds is 6. The van der Waals surface area contributed by atoms with Gasteiger partial charge in [0.25, 0.3) is 5.91 Å². The Morgan fingerprint density at radius 1 is 1.19 bits per heavy atom. The molecule has 2 fully saturated rings. The van der Waals surface area contributed by atoms with Crippen molar-refractivity contribution in [1.82, 2.24) is 9.62 Å². The van der Waals surface area contributed by atoms with Crippen molar-refractivity contribution in [3.8, 4) is 5.75 Å². The van der Waals surface area contributed by atoms with Crippen LogP contribution in [0.5, 0.6) is 5.75 Å². The fourth-order valence-electron chi connectivity index (χ4n) is 3.57. The van der Waals surface area contributed by atoms with Crippen molar-refractivity contribution in [3.63, 3.8) is 0 Å². The summed E-state index contributed by atoms with van der Waals surface area (Å²) < 4.78 is 37.3. The molecule has 27 heavy (non-hydrogen) atoms.